The Labute approximate surface area is 183 Å². The van der Waals surface area contributed by atoms with E-state index in [9.17, 15) is 9.59 Å². The number of nitrogens with one attached hydrogen (secondary N) is 1. The summed E-state index contributed by atoms with van der Waals surface area (Å²) in [6, 6.07) is 15.9. The number of piperidine rings is 1. The molecule has 1 aliphatic carbocycles. The topological polar surface area (TPSA) is 49.4 Å². The quantitative estimate of drug-likeness (QED) is 0.750. The van der Waals surface area contributed by atoms with Gasteiger partial charge in [-0.05, 0) is 67.7 Å². The molecule has 2 aromatic rings. The summed E-state index contributed by atoms with van der Waals surface area (Å²) in [5.74, 6) is 0.198. The highest BCUT2D eigenvalue weighted by Gasteiger charge is 2.49. The van der Waals surface area contributed by atoms with Crippen LogP contribution in [0.5, 0.6) is 0 Å². The maximum absolute atomic E-state index is 13.0. The number of carbonyl (C=O) groups is 2. The van der Waals surface area contributed by atoms with E-state index < -0.39 is 0 Å². The second-order valence-corrected chi connectivity index (χ2v) is 9.12. The van der Waals surface area contributed by atoms with Crippen LogP contribution in [0.25, 0.3) is 0 Å². The molecule has 1 spiro atoms. The smallest absolute Gasteiger partial charge is 0.254 e. The van der Waals surface area contributed by atoms with Gasteiger partial charge in [0.1, 0.15) is 0 Å². The Bertz CT molecular complexity index is 920. The largest absolute Gasteiger partial charge is 0.353 e. The number of hydrogen-bond acceptors (Lipinski definition) is 2. The van der Waals surface area contributed by atoms with Crippen molar-refractivity contribution in [1.82, 2.24) is 10.2 Å². The van der Waals surface area contributed by atoms with E-state index in [4.69, 9.17) is 11.6 Å². The molecule has 0 radical (unpaired) electrons. The van der Waals surface area contributed by atoms with E-state index in [1.165, 1.54) is 5.56 Å². The molecule has 1 heterocycles. The third kappa shape index (κ3) is 4.24. The first-order valence-electron chi connectivity index (χ1n) is 10.9. The summed E-state index contributed by atoms with van der Waals surface area (Å²) in [7, 11) is 0. The fourth-order valence-corrected chi connectivity index (χ4v) is 5.03. The van der Waals surface area contributed by atoms with E-state index >= 15 is 0 Å². The van der Waals surface area contributed by atoms with Gasteiger partial charge in [0, 0.05) is 36.1 Å². The molecule has 30 heavy (non-hydrogen) atoms. The molecule has 4 nitrogen and oxygen atoms in total. The summed E-state index contributed by atoms with van der Waals surface area (Å²) in [5.41, 5.74) is 2.89. The Morgan fingerprint density at radius 3 is 2.47 bits per heavy atom. The first-order valence-corrected chi connectivity index (χ1v) is 11.2. The number of aryl methyl sites for hydroxylation is 1. The van der Waals surface area contributed by atoms with Crippen LogP contribution in [0.15, 0.2) is 48.5 Å². The summed E-state index contributed by atoms with van der Waals surface area (Å²) < 4.78 is 0. The summed E-state index contributed by atoms with van der Waals surface area (Å²) in [5, 5.41) is 3.91. The molecular weight excluding hydrogens is 396 g/mol. The maximum atomic E-state index is 13.0. The lowest BCUT2D eigenvalue weighted by Crippen LogP contribution is -2.59. The Morgan fingerprint density at radius 1 is 1.07 bits per heavy atom. The number of amides is 2. The Kier molecular flexibility index (Phi) is 6.14. The number of carbonyl (C=O) groups excluding carboxylic acids is 2. The van der Waals surface area contributed by atoms with Gasteiger partial charge in [-0.2, -0.15) is 0 Å². The van der Waals surface area contributed by atoms with Crippen LogP contribution in [-0.4, -0.2) is 35.8 Å². The van der Waals surface area contributed by atoms with Crippen LogP contribution in [0.3, 0.4) is 0 Å². The average molecular weight is 425 g/mol. The molecule has 0 bridgehead atoms. The molecule has 1 saturated carbocycles. The van der Waals surface area contributed by atoms with Crippen molar-refractivity contribution in [3.05, 3.63) is 70.2 Å². The van der Waals surface area contributed by atoms with Gasteiger partial charge in [0.2, 0.25) is 5.91 Å². The lowest BCUT2D eigenvalue weighted by atomic mass is 9.59. The SMILES string of the molecule is Cc1c(Cl)cccc1C(=O)N1CCC2(CCC2NC(=O)CCc2ccccc2)CC1. The monoisotopic (exact) mass is 424 g/mol. The highest BCUT2D eigenvalue weighted by molar-refractivity contribution is 6.31. The predicted molar refractivity (Wildman–Crippen MR) is 120 cm³/mol. The fraction of sp³-hybridized carbons (Fsp3) is 0.440. The van der Waals surface area contributed by atoms with E-state index in [-0.39, 0.29) is 23.3 Å². The van der Waals surface area contributed by atoms with Gasteiger partial charge >= 0.3 is 0 Å². The van der Waals surface area contributed by atoms with Crippen LogP contribution in [0.2, 0.25) is 5.02 Å². The van der Waals surface area contributed by atoms with Crippen molar-refractivity contribution in [3.8, 4) is 0 Å². The van der Waals surface area contributed by atoms with Crippen molar-refractivity contribution < 1.29 is 9.59 Å². The molecule has 1 atom stereocenters. The van der Waals surface area contributed by atoms with Gasteiger partial charge in [-0.3, -0.25) is 9.59 Å². The zero-order chi connectivity index (χ0) is 21.1. The summed E-state index contributed by atoms with van der Waals surface area (Å²) in [6.07, 6.45) is 5.36. The molecule has 1 unspecified atom stereocenters. The van der Waals surface area contributed by atoms with Gasteiger partial charge in [-0.1, -0.05) is 48.0 Å². The minimum Gasteiger partial charge on any atom is -0.353 e. The third-order valence-corrected chi connectivity index (χ3v) is 7.44. The molecule has 158 valence electrons. The van der Waals surface area contributed by atoms with Crippen molar-refractivity contribution in [1.29, 1.82) is 0 Å². The molecule has 4 rings (SSSR count). The minimum atomic E-state index is 0.0626. The van der Waals surface area contributed by atoms with Crippen LogP contribution in [-0.2, 0) is 11.2 Å². The number of rotatable bonds is 5. The van der Waals surface area contributed by atoms with Gasteiger partial charge in [-0.25, -0.2) is 0 Å². The predicted octanol–water partition coefficient (Wildman–Crippen LogP) is 4.78. The Hall–Kier alpha value is -2.33. The molecular formula is C25H29ClN2O2. The number of likely N-dealkylation sites (tertiary alicyclic amines) is 1. The molecule has 5 heteroatoms. The van der Waals surface area contributed by atoms with Crippen molar-refractivity contribution in [2.45, 2.75) is 51.5 Å². The van der Waals surface area contributed by atoms with Crippen LogP contribution in [0.1, 0.15) is 53.6 Å². The van der Waals surface area contributed by atoms with E-state index in [2.05, 4.69) is 17.4 Å². The van der Waals surface area contributed by atoms with Gasteiger partial charge < -0.3 is 10.2 Å². The molecule has 1 saturated heterocycles. The Balaban J connectivity index is 1.30. The molecule has 2 aliphatic rings. The van der Waals surface area contributed by atoms with E-state index in [1.54, 1.807) is 0 Å². The number of nitrogens with zero attached hydrogens (tertiary/aromatic N) is 1. The van der Waals surface area contributed by atoms with Crippen molar-refractivity contribution >= 4 is 23.4 Å². The van der Waals surface area contributed by atoms with Crippen LogP contribution >= 0.6 is 11.6 Å². The number of benzene rings is 2. The van der Waals surface area contributed by atoms with Crippen LogP contribution < -0.4 is 5.32 Å². The van der Waals surface area contributed by atoms with Gasteiger partial charge in [0.25, 0.3) is 5.91 Å². The molecule has 2 fully saturated rings. The van der Waals surface area contributed by atoms with Crippen molar-refractivity contribution in [2.75, 3.05) is 13.1 Å². The summed E-state index contributed by atoms with van der Waals surface area (Å²) in [6.45, 7) is 3.37. The van der Waals surface area contributed by atoms with E-state index in [0.29, 0.717) is 17.0 Å². The third-order valence-electron chi connectivity index (χ3n) is 7.03. The first kappa shape index (κ1) is 20.9. The van der Waals surface area contributed by atoms with Crippen molar-refractivity contribution in [3.63, 3.8) is 0 Å². The van der Waals surface area contributed by atoms with E-state index in [1.807, 2.05) is 48.2 Å². The average Bonchev–Trinajstić information content (AvgIpc) is 2.77. The van der Waals surface area contributed by atoms with Crippen LogP contribution in [0, 0.1) is 12.3 Å². The van der Waals surface area contributed by atoms with Gasteiger partial charge in [0.15, 0.2) is 0 Å². The lowest BCUT2D eigenvalue weighted by Gasteiger charge is -2.54. The second-order valence-electron chi connectivity index (χ2n) is 8.71. The first-order chi connectivity index (χ1) is 14.5. The number of hydrogen-bond donors (Lipinski definition) is 1. The molecule has 1 aliphatic heterocycles. The lowest BCUT2D eigenvalue weighted by molar-refractivity contribution is -0.125. The number of halogens is 1. The normalized spacial score (nSPS) is 19.9. The zero-order valence-electron chi connectivity index (χ0n) is 17.5. The molecule has 1 N–H and O–H groups in total. The molecule has 2 amide bonds. The minimum absolute atomic E-state index is 0.0626. The highest BCUT2D eigenvalue weighted by atomic mass is 35.5. The second kappa shape index (κ2) is 8.81. The standard InChI is InChI=1S/C25H29ClN2O2/c1-18-20(8-5-9-21(18)26)24(30)28-16-14-25(15-17-28)13-12-22(25)27-23(29)11-10-19-6-3-2-4-7-19/h2-9,22H,10-17H2,1H3,(H,27,29). The maximum Gasteiger partial charge on any atom is 0.254 e. The fourth-order valence-electron chi connectivity index (χ4n) is 4.85. The zero-order valence-corrected chi connectivity index (χ0v) is 18.3. The van der Waals surface area contributed by atoms with Crippen LogP contribution in [0.4, 0.5) is 0 Å². The van der Waals surface area contributed by atoms with E-state index in [0.717, 1.165) is 50.8 Å². The Morgan fingerprint density at radius 2 is 1.80 bits per heavy atom. The highest BCUT2D eigenvalue weighted by Crippen LogP contribution is 2.49. The summed E-state index contributed by atoms with van der Waals surface area (Å²) in [4.78, 5) is 27.4. The van der Waals surface area contributed by atoms with Gasteiger partial charge in [0.05, 0.1) is 0 Å². The van der Waals surface area contributed by atoms with Gasteiger partial charge in [-0.15, -0.1) is 0 Å². The summed E-state index contributed by atoms with van der Waals surface area (Å²) >= 11 is 6.20. The molecule has 0 aromatic heterocycles. The van der Waals surface area contributed by atoms with Crippen molar-refractivity contribution in [2.24, 2.45) is 5.41 Å². The molecule has 2 aromatic carbocycles.